The number of rotatable bonds is 5. The lowest BCUT2D eigenvalue weighted by Gasteiger charge is -2.34. The molecular weight excluding hydrogens is 260 g/mol. The molecule has 1 N–H and O–H groups in total. The third-order valence-electron chi connectivity index (χ3n) is 5.27. The number of hydrogen-bond acceptors (Lipinski definition) is 3. The molecule has 3 rings (SSSR count). The first kappa shape index (κ1) is 14.9. The Morgan fingerprint density at radius 1 is 1.33 bits per heavy atom. The van der Waals surface area contributed by atoms with E-state index in [1.165, 1.54) is 50.0 Å². The third kappa shape index (κ3) is 3.58. The van der Waals surface area contributed by atoms with Gasteiger partial charge in [-0.3, -0.25) is 0 Å². The fraction of sp³-hybridized carbons (Fsp3) is 0.667. The predicted molar refractivity (Wildman–Crippen MR) is 87.0 cm³/mol. The molecule has 1 atom stereocenters. The lowest BCUT2D eigenvalue weighted by Crippen LogP contribution is -2.41. The smallest absolute Gasteiger partial charge is 0.122 e. The minimum Gasteiger partial charge on any atom is -0.493 e. The van der Waals surface area contributed by atoms with E-state index in [0.717, 1.165) is 24.7 Å². The van der Waals surface area contributed by atoms with Crippen LogP contribution in [0, 0.1) is 5.92 Å². The normalized spacial score (nSPS) is 21.0. The van der Waals surface area contributed by atoms with Crippen LogP contribution < -0.4 is 10.1 Å². The van der Waals surface area contributed by atoms with Crippen LogP contribution in [0.2, 0.25) is 0 Å². The van der Waals surface area contributed by atoms with Crippen LogP contribution in [0.15, 0.2) is 18.2 Å². The second-order valence-corrected chi connectivity index (χ2v) is 6.55. The van der Waals surface area contributed by atoms with Gasteiger partial charge in [-0.25, -0.2) is 0 Å². The molecule has 116 valence electrons. The first-order valence-corrected chi connectivity index (χ1v) is 8.40. The van der Waals surface area contributed by atoms with Crippen molar-refractivity contribution in [2.24, 2.45) is 5.92 Å². The number of piperidine rings is 1. The van der Waals surface area contributed by atoms with Gasteiger partial charge in [-0.2, -0.15) is 0 Å². The van der Waals surface area contributed by atoms with Crippen molar-refractivity contribution in [1.82, 2.24) is 10.2 Å². The Balaban J connectivity index is 1.46. The van der Waals surface area contributed by atoms with E-state index in [-0.39, 0.29) is 0 Å². The summed E-state index contributed by atoms with van der Waals surface area (Å²) in [4.78, 5) is 2.63. The van der Waals surface area contributed by atoms with Crippen molar-refractivity contribution < 1.29 is 4.74 Å². The molecule has 2 heterocycles. The van der Waals surface area contributed by atoms with Gasteiger partial charge in [0, 0.05) is 19.0 Å². The molecule has 2 aliphatic rings. The summed E-state index contributed by atoms with van der Waals surface area (Å²) in [6.45, 7) is 6.87. The van der Waals surface area contributed by atoms with Gasteiger partial charge in [0.1, 0.15) is 5.75 Å². The van der Waals surface area contributed by atoms with Crippen LogP contribution >= 0.6 is 0 Å². The van der Waals surface area contributed by atoms with Crippen molar-refractivity contribution in [3.63, 3.8) is 0 Å². The molecule has 2 aliphatic heterocycles. The molecule has 1 saturated heterocycles. The molecule has 0 aliphatic carbocycles. The van der Waals surface area contributed by atoms with E-state index in [0.29, 0.717) is 6.04 Å². The van der Waals surface area contributed by atoms with Gasteiger partial charge in [0.2, 0.25) is 0 Å². The largest absolute Gasteiger partial charge is 0.493 e. The summed E-state index contributed by atoms with van der Waals surface area (Å²) < 4.78 is 5.58. The highest BCUT2D eigenvalue weighted by atomic mass is 16.5. The molecule has 0 bridgehead atoms. The average molecular weight is 288 g/mol. The maximum Gasteiger partial charge on any atom is 0.122 e. The first-order valence-electron chi connectivity index (χ1n) is 8.40. The Hall–Kier alpha value is -1.06. The van der Waals surface area contributed by atoms with Crippen LogP contribution in [0.4, 0.5) is 0 Å². The third-order valence-corrected chi connectivity index (χ3v) is 5.27. The summed E-state index contributed by atoms with van der Waals surface area (Å²) in [6, 6.07) is 7.39. The van der Waals surface area contributed by atoms with Crippen molar-refractivity contribution in [3.05, 3.63) is 29.3 Å². The summed E-state index contributed by atoms with van der Waals surface area (Å²) in [5.41, 5.74) is 2.86. The predicted octanol–water partition coefficient (Wildman–Crippen LogP) is 2.48. The topological polar surface area (TPSA) is 24.5 Å². The summed E-state index contributed by atoms with van der Waals surface area (Å²) in [6.07, 6.45) is 4.91. The number of likely N-dealkylation sites (tertiary alicyclic amines) is 1. The van der Waals surface area contributed by atoms with Crippen LogP contribution in [0.5, 0.6) is 5.75 Å². The minimum atomic E-state index is 0.656. The van der Waals surface area contributed by atoms with Crippen molar-refractivity contribution in [2.45, 2.75) is 38.6 Å². The van der Waals surface area contributed by atoms with Crippen LogP contribution in [0.25, 0.3) is 0 Å². The maximum absolute atomic E-state index is 5.58. The zero-order chi connectivity index (χ0) is 14.7. The average Bonchev–Trinajstić information content (AvgIpc) is 3.00. The van der Waals surface area contributed by atoms with Crippen molar-refractivity contribution in [3.8, 4) is 5.75 Å². The Morgan fingerprint density at radius 3 is 2.90 bits per heavy atom. The number of fused-ring (bicyclic) bond motifs is 1. The summed E-state index contributed by atoms with van der Waals surface area (Å²) in [5.74, 6) is 1.95. The second-order valence-electron chi connectivity index (χ2n) is 6.55. The van der Waals surface area contributed by atoms with Gasteiger partial charge in [0.25, 0.3) is 0 Å². The number of benzene rings is 1. The lowest BCUT2D eigenvalue weighted by molar-refractivity contribution is 0.166. The van der Waals surface area contributed by atoms with Crippen molar-refractivity contribution in [2.75, 3.05) is 33.3 Å². The summed E-state index contributed by atoms with van der Waals surface area (Å²) in [5, 5.41) is 3.40. The molecule has 1 aromatic rings. The van der Waals surface area contributed by atoms with Crippen molar-refractivity contribution in [1.29, 1.82) is 0 Å². The summed E-state index contributed by atoms with van der Waals surface area (Å²) >= 11 is 0. The zero-order valence-corrected chi connectivity index (χ0v) is 13.4. The first-order chi connectivity index (χ1) is 10.3. The fourth-order valence-corrected chi connectivity index (χ4v) is 3.59. The van der Waals surface area contributed by atoms with E-state index in [9.17, 15) is 0 Å². The molecule has 1 fully saturated rings. The van der Waals surface area contributed by atoms with E-state index in [2.05, 4.69) is 42.4 Å². The molecule has 0 radical (unpaired) electrons. The molecule has 0 saturated carbocycles. The Labute approximate surface area is 128 Å². The monoisotopic (exact) mass is 288 g/mol. The van der Waals surface area contributed by atoms with Crippen LogP contribution in [0.1, 0.15) is 30.9 Å². The van der Waals surface area contributed by atoms with Crippen molar-refractivity contribution >= 4 is 0 Å². The van der Waals surface area contributed by atoms with E-state index in [1.54, 1.807) is 0 Å². The van der Waals surface area contributed by atoms with Gasteiger partial charge in [-0.15, -0.1) is 0 Å². The van der Waals surface area contributed by atoms with Gasteiger partial charge in [0.15, 0.2) is 0 Å². The molecule has 0 aromatic heterocycles. The highest BCUT2D eigenvalue weighted by molar-refractivity contribution is 5.39. The Kier molecular flexibility index (Phi) is 4.81. The van der Waals surface area contributed by atoms with E-state index in [4.69, 9.17) is 4.74 Å². The summed E-state index contributed by atoms with van der Waals surface area (Å²) in [7, 11) is 2.08. The molecule has 21 heavy (non-hydrogen) atoms. The molecule has 1 unspecified atom stereocenters. The maximum atomic E-state index is 5.58. The Morgan fingerprint density at radius 2 is 2.14 bits per heavy atom. The minimum absolute atomic E-state index is 0.656. The van der Waals surface area contributed by atoms with E-state index in [1.807, 2.05) is 0 Å². The van der Waals surface area contributed by atoms with Crippen LogP contribution in [-0.2, 0) is 12.8 Å². The molecule has 1 aromatic carbocycles. The van der Waals surface area contributed by atoms with Crippen LogP contribution in [0.3, 0.4) is 0 Å². The van der Waals surface area contributed by atoms with Crippen LogP contribution in [-0.4, -0.2) is 44.2 Å². The zero-order valence-electron chi connectivity index (χ0n) is 13.4. The number of ether oxygens (including phenoxy) is 1. The SMILES string of the molecule is CNC(C)C1CCN(CCc2ccc3c(c2)CCO3)CC1. The standard InChI is InChI=1S/C18H28N2O/c1-14(19-2)16-6-10-20(11-7-16)9-5-15-3-4-18-17(13-15)8-12-21-18/h3-4,13-14,16,19H,5-12H2,1-2H3. The highest BCUT2D eigenvalue weighted by Crippen LogP contribution is 2.26. The molecule has 0 amide bonds. The quantitative estimate of drug-likeness (QED) is 0.901. The second kappa shape index (κ2) is 6.80. The molecule has 0 spiro atoms. The Bertz CT molecular complexity index is 466. The highest BCUT2D eigenvalue weighted by Gasteiger charge is 2.22. The molecular formula is C18H28N2O. The van der Waals surface area contributed by atoms with Gasteiger partial charge >= 0.3 is 0 Å². The van der Waals surface area contributed by atoms with Gasteiger partial charge < -0.3 is 15.0 Å². The molecule has 3 heteroatoms. The number of nitrogens with one attached hydrogen (secondary N) is 1. The molecule has 3 nitrogen and oxygen atoms in total. The van der Waals surface area contributed by atoms with E-state index >= 15 is 0 Å². The van der Waals surface area contributed by atoms with Gasteiger partial charge in [-0.1, -0.05) is 12.1 Å². The number of hydrogen-bond donors (Lipinski definition) is 1. The van der Waals surface area contributed by atoms with Gasteiger partial charge in [0.05, 0.1) is 6.61 Å². The number of nitrogens with zero attached hydrogens (tertiary/aromatic N) is 1. The van der Waals surface area contributed by atoms with Gasteiger partial charge in [-0.05, 0) is 69.4 Å². The van der Waals surface area contributed by atoms with E-state index < -0.39 is 0 Å². The lowest BCUT2D eigenvalue weighted by atomic mass is 9.90. The fourth-order valence-electron chi connectivity index (χ4n) is 3.59.